The second-order valence-corrected chi connectivity index (χ2v) is 7.02. The van der Waals surface area contributed by atoms with Crippen LogP contribution in [0, 0.1) is 0 Å². The lowest BCUT2D eigenvalue weighted by Crippen LogP contribution is -2.47. The average Bonchev–Trinajstić information content (AvgIpc) is 3.22. The van der Waals surface area contributed by atoms with Crippen molar-refractivity contribution in [2.75, 3.05) is 36.0 Å². The number of pyridine rings is 2. The molecule has 0 spiro atoms. The molecule has 0 aromatic carbocycles. The number of nitrogens with zero attached hydrogens (tertiary/aromatic N) is 4. The molecule has 1 aliphatic carbocycles. The Morgan fingerprint density at radius 2 is 1.62 bits per heavy atom. The van der Waals surface area contributed by atoms with Crippen molar-refractivity contribution in [1.29, 1.82) is 0 Å². The van der Waals surface area contributed by atoms with E-state index in [1.54, 1.807) is 12.3 Å². The van der Waals surface area contributed by atoms with Gasteiger partial charge in [0.05, 0.1) is 0 Å². The van der Waals surface area contributed by atoms with Gasteiger partial charge in [-0.25, -0.2) is 9.97 Å². The molecule has 0 radical (unpaired) electrons. The van der Waals surface area contributed by atoms with Crippen LogP contribution in [0.15, 0.2) is 42.7 Å². The van der Waals surface area contributed by atoms with Crippen molar-refractivity contribution in [1.82, 2.24) is 15.3 Å². The molecule has 6 heteroatoms. The molecule has 4 rings (SSSR count). The van der Waals surface area contributed by atoms with E-state index < -0.39 is 0 Å². The molecule has 0 atom stereocenters. The maximum absolute atomic E-state index is 12.5. The Morgan fingerprint density at radius 3 is 2.31 bits per heavy atom. The Labute approximate surface area is 154 Å². The zero-order valence-electron chi connectivity index (χ0n) is 15.0. The molecule has 1 amide bonds. The Balaban J connectivity index is 1.38. The molecule has 136 valence electrons. The minimum Gasteiger partial charge on any atom is -0.353 e. The molecule has 1 saturated carbocycles. The van der Waals surface area contributed by atoms with Gasteiger partial charge in [0.1, 0.15) is 11.6 Å². The van der Waals surface area contributed by atoms with E-state index in [9.17, 15) is 4.79 Å². The summed E-state index contributed by atoms with van der Waals surface area (Å²) >= 11 is 0. The van der Waals surface area contributed by atoms with Crippen molar-refractivity contribution in [2.24, 2.45) is 0 Å². The summed E-state index contributed by atoms with van der Waals surface area (Å²) in [5.41, 5.74) is 0.703. The first-order valence-electron chi connectivity index (χ1n) is 9.47. The first-order chi connectivity index (χ1) is 12.8. The fraction of sp³-hybridized carbons (Fsp3) is 0.450. The SMILES string of the molecule is O=C(NC1CCCC1)c1ccnc(N2CCN(c3ccccn3)CC2)c1. The number of hydrogen-bond donors (Lipinski definition) is 1. The first-order valence-corrected chi connectivity index (χ1v) is 9.47. The van der Waals surface area contributed by atoms with E-state index in [-0.39, 0.29) is 5.91 Å². The van der Waals surface area contributed by atoms with Gasteiger partial charge in [-0.2, -0.15) is 0 Å². The third-order valence-electron chi connectivity index (χ3n) is 5.28. The number of piperazine rings is 1. The van der Waals surface area contributed by atoms with Crippen molar-refractivity contribution >= 4 is 17.5 Å². The second kappa shape index (κ2) is 7.72. The third kappa shape index (κ3) is 3.79. The van der Waals surface area contributed by atoms with E-state index in [2.05, 4.69) is 25.1 Å². The molecular formula is C20H25N5O. The number of aromatic nitrogens is 2. The molecule has 0 bridgehead atoms. The summed E-state index contributed by atoms with van der Waals surface area (Å²) < 4.78 is 0. The topological polar surface area (TPSA) is 61.4 Å². The predicted octanol–water partition coefficient (Wildman–Crippen LogP) is 2.48. The number of carbonyl (C=O) groups excluding carboxylic acids is 1. The van der Waals surface area contributed by atoms with E-state index in [1.807, 2.05) is 30.5 Å². The van der Waals surface area contributed by atoms with Crippen LogP contribution in [0.4, 0.5) is 11.6 Å². The van der Waals surface area contributed by atoms with Crippen LogP contribution >= 0.6 is 0 Å². The Hall–Kier alpha value is -2.63. The van der Waals surface area contributed by atoms with Crippen LogP contribution in [0.3, 0.4) is 0 Å². The molecule has 1 aliphatic heterocycles. The van der Waals surface area contributed by atoms with E-state index in [0.29, 0.717) is 11.6 Å². The number of rotatable bonds is 4. The number of anilines is 2. The molecule has 1 N–H and O–H groups in total. The standard InChI is InChI=1S/C20H25N5O/c26-20(23-17-5-1-2-6-17)16-8-10-22-19(15-16)25-13-11-24(12-14-25)18-7-3-4-9-21-18/h3-4,7-10,15,17H,1-2,5-6,11-14H2,(H,23,26). The van der Waals surface area contributed by atoms with Crippen LogP contribution in [0.25, 0.3) is 0 Å². The van der Waals surface area contributed by atoms with Gasteiger partial charge >= 0.3 is 0 Å². The largest absolute Gasteiger partial charge is 0.353 e. The molecule has 0 unspecified atom stereocenters. The Kier molecular flexibility index (Phi) is 5.00. The minimum atomic E-state index is 0.0210. The van der Waals surface area contributed by atoms with Gasteiger partial charge in [-0.05, 0) is 37.1 Å². The van der Waals surface area contributed by atoms with Crippen LogP contribution < -0.4 is 15.1 Å². The first kappa shape index (κ1) is 16.8. The zero-order chi connectivity index (χ0) is 17.8. The number of hydrogen-bond acceptors (Lipinski definition) is 5. The lowest BCUT2D eigenvalue weighted by molar-refractivity contribution is 0.0938. The van der Waals surface area contributed by atoms with Crippen molar-refractivity contribution in [3.8, 4) is 0 Å². The second-order valence-electron chi connectivity index (χ2n) is 7.02. The van der Waals surface area contributed by atoms with Crippen molar-refractivity contribution in [3.63, 3.8) is 0 Å². The Bertz CT molecular complexity index is 737. The molecule has 6 nitrogen and oxygen atoms in total. The molecule has 26 heavy (non-hydrogen) atoms. The predicted molar refractivity (Wildman–Crippen MR) is 103 cm³/mol. The number of nitrogens with one attached hydrogen (secondary N) is 1. The van der Waals surface area contributed by atoms with Crippen LogP contribution in [0.2, 0.25) is 0 Å². The number of amides is 1. The van der Waals surface area contributed by atoms with Gasteiger partial charge in [-0.15, -0.1) is 0 Å². The maximum Gasteiger partial charge on any atom is 0.251 e. The van der Waals surface area contributed by atoms with Crippen LogP contribution in [0.1, 0.15) is 36.0 Å². The highest BCUT2D eigenvalue weighted by Crippen LogP contribution is 2.20. The summed E-state index contributed by atoms with van der Waals surface area (Å²) in [5.74, 6) is 1.92. The van der Waals surface area contributed by atoms with Crippen molar-refractivity contribution in [3.05, 3.63) is 48.3 Å². The van der Waals surface area contributed by atoms with E-state index in [0.717, 1.165) is 50.7 Å². The van der Waals surface area contributed by atoms with E-state index in [1.165, 1.54) is 12.8 Å². The molecular weight excluding hydrogens is 326 g/mol. The van der Waals surface area contributed by atoms with Gasteiger partial charge in [0.2, 0.25) is 0 Å². The highest BCUT2D eigenvalue weighted by Gasteiger charge is 2.21. The smallest absolute Gasteiger partial charge is 0.251 e. The highest BCUT2D eigenvalue weighted by atomic mass is 16.1. The van der Waals surface area contributed by atoms with Crippen LogP contribution in [-0.2, 0) is 0 Å². The normalized spacial score (nSPS) is 18.2. The average molecular weight is 351 g/mol. The highest BCUT2D eigenvalue weighted by molar-refractivity contribution is 5.95. The summed E-state index contributed by atoms with van der Waals surface area (Å²) in [7, 11) is 0. The zero-order valence-corrected chi connectivity index (χ0v) is 15.0. The fourth-order valence-corrected chi connectivity index (χ4v) is 3.78. The summed E-state index contributed by atoms with van der Waals surface area (Å²) in [6, 6.07) is 10.1. The minimum absolute atomic E-state index is 0.0210. The lowest BCUT2D eigenvalue weighted by Gasteiger charge is -2.36. The molecule has 2 aliphatic rings. The van der Waals surface area contributed by atoms with Gasteiger partial charge < -0.3 is 15.1 Å². The summed E-state index contributed by atoms with van der Waals surface area (Å²) in [6.07, 6.45) is 8.19. The van der Waals surface area contributed by atoms with Gasteiger partial charge in [0.25, 0.3) is 5.91 Å². The fourth-order valence-electron chi connectivity index (χ4n) is 3.78. The van der Waals surface area contributed by atoms with Crippen LogP contribution in [-0.4, -0.2) is 48.1 Å². The summed E-state index contributed by atoms with van der Waals surface area (Å²) in [6.45, 7) is 3.54. The number of carbonyl (C=O) groups is 1. The summed E-state index contributed by atoms with van der Waals surface area (Å²) in [4.78, 5) is 25.9. The van der Waals surface area contributed by atoms with Crippen molar-refractivity contribution in [2.45, 2.75) is 31.7 Å². The van der Waals surface area contributed by atoms with Gasteiger partial charge in [0.15, 0.2) is 0 Å². The van der Waals surface area contributed by atoms with Gasteiger partial charge in [-0.3, -0.25) is 4.79 Å². The Morgan fingerprint density at radius 1 is 0.923 bits per heavy atom. The molecule has 2 aromatic rings. The van der Waals surface area contributed by atoms with Gasteiger partial charge in [-0.1, -0.05) is 18.9 Å². The molecule has 1 saturated heterocycles. The monoisotopic (exact) mass is 351 g/mol. The molecule has 2 fully saturated rings. The van der Waals surface area contributed by atoms with Gasteiger partial charge in [0, 0.05) is 50.2 Å². The van der Waals surface area contributed by atoms with Crippen LogP contribution in [0.5, 0.6) is 0 Å². The maximum atomic E-state index is 12.5. The molecule has 3 heterocycles. The van der Waals surface area contributed by atoms with Crippen molar-refractivity contribution < 1.29 is 4.79 Å². The molecule has 2 aromatic heterocycles. The quantitative estimate of drug-likeness (QED) is 0.917. The van der Waals surface area contributed by atoms with E-state index >= 15 is 0 Å². The lowest BCUT2D eigenvalue weighted by atomic mass is 10.2. The van der Waals surface area contributed by atoms with E-state index in [4.69, 9.17) is 0 Å². The summed E-state index contributed by atoms with van der Waals surface area (Å²) in [5, 5.41) is 3.15. The third-order valence-corrected chi connectivity index (χ3v) is 5.28.